The van der Waals surface area contributed by atoms with Crippen LogP contribution in [0.5, 0.6) is 0 Å². The van der Waals surface area contributed by atoms with E-state index < -0.39 is 11.6 Å². The number of nitrogens with one attached hydrogen (secondary N) is 1. The van der Waals surface area contributed by atoms with E-state index in [9.17, 15) is 18.4 Å². The molecule has 1 aromatic carbocycles. The van der Waals surface area contributed by atoms with Crippen LogP contribution in [0.4, 0.5) is 20.2 Å². The zero-order valence-corrected chi connectivity index (χ0v) is 15.3. The summed E-state index contributed by atoms with van der Waals surface area (Å²) in [7, 11) is 0. The van der Waals surface area contributed by atoms with E-state index in [0.717, 1.165) is 25.7 Å². The highest BCUT2D eigenvalue weighted by Crippen LogP contribution is 2.33. The zero-order valence-electron chi connectivity index (χ0n) is 15.3. The SMILES string of the molecule is O=C(Nc1cc(F)c(N2CCCC2)c(F)c1)C1CCN(C(=O)C2CC2)CC1. The van der Waals surface area contributed by atoms with Gasteiger partial charge in [-0.1, -0.05) is 0 Å². The van der Waals surface area contributed by atoms with Crippen molar-refractivity contribution >= 4 is 23.2 Å². The first-order valence-electron chi connectivity index (χ1n) is 9.86. The molecule has 1 saturated carbocycles. The molecule has 1 aliphatic carbocycles. The molecule has 0 spiro atoms. The molecule has 4 rings (SSSR count). The van der Waals surface area contributed by atoms with E-state index in [1.807, 2.05) is 4.90 Å². The molecular formula is C20H25F2N3O2. The molecule has 2 saturated heterocycles. The number of likely N-dealkylation sites (tertiary alicyclic amines) is 1. The summed E-state index contributed by atoms with van der Waals surface area (Å²) in [4.78, 5) is 28.1. The first kappa shape index (κ1) is 18.2. The lowest BCUT2D eigenvalue weighted by molar-refractivity contribution is -0.135. The molecule has 2 amide bonds. The Hall–Kier alpha value is -2.18. The molecule has 1 N–H and O–H groups in total. The number of carbonyl (C=O) groups excluding carboxylic acids is 2. The minimum absolute atomic E-state index is 0.00241. The number of amides is 2. The predicted molar refractivity (Wildman–Crippen MR) is 98.5 cm³/mol. The number of hydrogen-bond acceptors (Lipinski definition) is 3. The third-order valence-corrected chi connectivity index (χ3v) is 5.81. The molecule has 0 radical (unpaired) electrons. The minimum atomic E-state index is -0.642. The van der Waals surface area contributed by atoms with Crippen molar-refractivity contribution in [3.05, 3.63) is 23.8 Å². The van der Waals surface area contributed by atoms with Gasteiger partial charge in [0.05, 0.1) is 0 Å². The van der Waals surface area contributed by atoms with Gasteiger partial charge in [0.1, 0.15) is 5.69 Å². The summed E-state index contributed by atoms with van der Waals surface area (Å²) in [5.41, 5.74) is 0.145. The van der Waals surface area contributed by atoms with Crippen LogP contribution in [-0.2, 0) is 9.59 Å². The van der Waals surface area contributed by atoms with E-state index in [2.05, 4.69) is 5.32 Å². The summed E-state index contributed by atoms with van der Waals surface area (Å²) in [6, 6.07) is 2.39. The van der Waals surface area contributed by atoms with Gasteiger partial charge in [-0.05, 0) is 50.7 Å². The minimum Gasteiger partial charge on any atom is -0.367 e. The van der Waals surface area contributed by atoms with Crippen molar-refractivity contribution in [1.29, 1.82) is 0 Å². The molecule has 0 bridgehead atoms. The summed E-state index contributed by atoms with van der Waals surface area (Å²) in [6.45, 7) is 2.45. The number of rotatable bonds is 4. The lowest BCUT2D eigenvalue weighted by Crippen LogP contribution is -2.42. The third-order valence-electron chi connectivity index (χ3n) is 5.81. The van der Waals surface area contributed by atoms with Crippen molar-refractivity contribution in [1.82, 2.24) is 4.90 Å². The van der Waals surface area contributed by atoms with Gasteiger partial charge < -0.3 is 15.1 Å². The van der Waals surface area contributed by atoms with Crippen molar-refractivity contribution in [2.45, 2.75) is 38.5 Å². The van der Waals surface area contributed by atoms with Crippen molar-refractivity contribution in [3.8, 4) is 0 Å². The molecule has 0 aromatic heterocycles. The van der Waals surface area contributed by atoms with Crippen LogP contribution < -0.4 is 10.2 Å². The maximum atomic E-state index is 14.4. The highest BCUT2D eigenvalue weighted by molar-refractivity contribution is 5.93. The maximum absolute atomic E-state index is 14.4. The first-order chi connectivity index (χ1) is 13.0. The second kappa shape index (κ2) is 7.44. The van der Waals surface area contributed by atoms with Crippen LogP contribution in [0.25, 0.3) is 0 Å². The van der Waals surface area contributed by atoms with Gasteiger partial charge in [0, 0.05) is 43.7 Å². The number of anilines is 2. The molecule has 27 heavy (non-hydrogen) atoms. The highest BCUT2D eigenvalue weighted by atomic mass is 19.1. The van der Waals surface area contributed by atoms with Gasteiger partial charge in [0.2, 0.25) is 11.8 Å². The van der Waals surface area contributed by atoms with Crippen LogP contribution in [0, 0.1) is 23.5 Å². The van der Waals surface area contributed by atoms with E-state index in [4.69, 9.17) is 0 Å². The summed E-state index contributed by atoms with van der Waals surface area (Å²) in [5.74, 6) is -1.36. The van der Waals surface area contributed by atoms with Gasteiger partial charge >= 0.3 is 0 Å². The largest absolute Gasteiger partial charge is 0.367 e. The molecule has 2 heterocycles. The van der Waals surface area contributed by atoms with Gasteiger partial charge in [-0.25, -0.2) is 8.78 Å². The van der Waals surface area contributed by atoms with Gasteiger partial charge in [0.25, 0.3) is 0 Å². The summed E-state index contributed by atoms with van der Waals surface area (Å²) in [5, 5.41) is 2.65. The number of piperidine rings is 1. The fraction of sp³-hybridized carbons (Fsp3) is 0.600. The molecule has 0 atom stereocenters. The topological polar surface area (TPSA) is 52.7 Å². The van der Waals surface area contributed by atoms with Gasteiger partial charge in [-0.3, -0.25) is 9.59 Å². The lowest BCUT2D eigenvalue weighted by Gasteiger charge is -2.31. The van der Waals surface area contributed by atoms with Crippen LogP contribution in [-0.4, -0.2) is 42.9 Å². The Morgan fingerprint density at radius 3 is 2.04 bits per heavy atom. The van der Waals surface area contributed by atoms with Crippen LogP contribution in [0.1, 0.15) is 38.5 Å². The fourth-order valence-corrected chi connectivity index (χ4v) is 4.08. The molecule has 3 aliphatic rings. The molecular weight excluding hydrogens is 352 g/mol. The number of hydrogen-bond donors (Lipinski definition) is 1. The summed E-state index contributed by atoms with van der Waals surface area (Å²) in [6.07, 6.45) is 4.98. The predicted octanol–water partition coefficient (Wildman–Crippen LogP) is 3.15. The smallest absolute Gasteiger partial charge is 0.227 e. The van der Waals surface area contributed by atoms with E-state index in [-0.39, 0.29) is 35.0 Å². The average Bonchev–Trinajstić information content (AvgIpc) is 3.37. The standard InChI is InChI=1S/C20H25F2N3O2/c21-16-11-15(12-17(22)18(16)24-7-1-2-8-24)23-19(26)13-5-9-25(10-6-13)20(27)14-3-4-14/h11-14H,1-10H2,(H,23,26). The quantitative estimate of drug-likeness (QED) is 0.877. The molecule has 7 heteroatoms. The third kappa shape index (κ3) is 3.92. The van der Waals surface area contributed by atoms with Crippen molar-refractivity contribution < 1.29 is 18.4 Å². The molecule has 5 nitrogen and oxygen atoms in total. The zero-order chi connectivity index (χ0) is 19.0. The second-order valence-corrected chi connectivity index (χ2v) is 7.85. The Bertz CT molecular complexity index is 714. The van der Waals surface area contributed by atoms with Crippen molar-refractivity contribution in [3.63, 3.8) is 0 Å². The van der Waals surface area contributed by atoms with E-state index in [1.165, 1.54) is 12.1 Å². The molecule has 146 valence electrons. The maximum Gasteiger partial charge on any atom is 0.227 e. The van der Waals surface area contributed by atoms with Gasteiger partial charge in [-0.2, -0.15) is 0 Å². The Morgan fingerprint density at radius 1 is 0.889 bits per heavy atom. The van der Waals surface area contributed by atoms with E-state index >= 15 is 0 Å². The average molecular weight is 377 g/mol. The summed E-state index contributed by atoms with van der Waals surface area (Å²) >= 11 is 0. The van der Waals surface area contributed by atoms with Gasteiger partial charge in [-0.15, -0.1) is 0 Å². The molecule has 3 fully saturated rings. The fourth-order valence-electron chi connectivity index (χ4n) is 4.08. The van der Waals surface area contributed by atoms with E-state index in [1.54, 1.807) is 4.90 Å². The number of carbonyl (C=O) groups is 2. The Kier molecular flexibility index (Phi) is 5.02. The van der Waals surface area contributed by atoms with Crippen molar-refractivity contribution in [2.75, 3.05) is 36.4 Å². The molecule has 2 aliphatic heterocycles. The lowest BCUT2D eigenvalue weighted by atomic mass is 9.95. The van der Waals surface area contributed by atoms with Crippen LogP contribution in [0.2, 0.25) is 0 Å². The summed E-state index contributed by atoms with van der Waals surface area (Å²) < 4.78 is 28.8. The first-order valence-corrected chi connectivity index (χ1v) is 9.86. The monoisotopic (exact) mass is 377 g/mol. The number of benzene rings is 1. The highest BCUT2D eigenvalue weighted by Gasteiger charge is 2.36. The molecule has 1 aromatic rings. The molecule has 0 unspecified atom stereocenters. The normalized spacial score (nSPS) is 20.8. The second-order valence-electron chi connectivity index (χ2n) is 7.85. The Labute approximate surface area is 157 Å². The number of nitrogens with zero attached hydrogens (tertiary/aromatic N) is 2. The number of halogens is 2. The van der Waals surface area contributed by atoms with Crippen molar-refractivity contribution in [2.24, 2.45) is 11.8 Å². The van der Waals surface area contributed by atoms with Crippen LogP contribution >= 0.6 is 0 Å². The Balaban J connectivity index is 1.36. The van der Waals surface area contributed by atoms with E-state index in [0.29, 0.717) is 39.0 Å². The Morgan fingerprint density at radius 2 is 1.48 bits per heavy atom. The van der Waals surface area contributed by atoms with Crippen LogP contribution in [0.3, 0.4) is 0 Å². The van der Waals surface area contributed by atoms with Crippen LogP contribution in [0.15, 0.2) is 12.1 Å². The van der Waals surface area contributed by atoms with Gasteiger partial charge in [0.15, 0.2) is 11.6 Å².